The highest BCUT2D eigenvalue weighted by Gasteiger charge is 2.32. The molecular weight excluding hydrogens is 449 g/mol. The van der Waals surface area contributed by atoms with Crippen molar-refractivity contribution in [1.29, 1.82) is 0 Å². The summed E-state index contributed by atoms with van der Waals surface area (Å²) in [7, 11) is 0. The maximum atomic E-state index is 13.2. The van der Waals surface area contributed by atoms with E-state index in [1.165, 1.54) is 0 Å². The van der Waals surface area contributed by atoms with E-state index in [1.54, 1.807) is 53.1 Å². The molecule has 0 aliphatic carbocycles. The summed E-state index contributed by atoms with van der Waals surface area (Å²) in [6.45, 7) is 0. The van der Waals surface area contributed by atoms with Gasteiger partial charge in [0.25, 0.3) is 0 Å². The number of benzene rings is 2. The monoisotopic (exact) mass is 462 g/mol. The van der Waals surface area contributed by atoms with E-state index in [0.717, 1.165) is 30.0 Å². The van der Waals surface area contributed by atoms with Crippen LogP contribution in [-0.2, 0) is 11.0 Å². The van der Waals surface area contributed by atoms with Crippen molar-refractivity contribution >= 4 is 40.6 Å². The standard InChI is InChI=1S/C21H14ClF3N4OS/c22-15-10-9-14(21(23,24)25)12-16(15)26-19(30)18(13-6-2-1-3-7-13)31-20-28-27-17-8-4-5-11-29(17)20/h1-12,18H,(H,26,30)/t18-/m0/s1. The minimum absolute atomic E-state index is 0.00564. The summed E-state index contributed by atoms with van der Waals surface area (Å²) in [5.41, 5.74) is 0.243. The Balaban J connectivity index is 1.67. The topological polar surface area (TPSA) is 59.3 Å². The van der Waals surface area contributed by atoms with Gasteiger partial charge in [-0.05, 0) is 35.9 Å². The zero-order chi connectivity index (χ0) is 22.0. The fraction of sp³-hybridized carbons (Fsp3) is 0.0952. The maximum Gasteiger partial charge on any atom is 0.416 e. The van der Waals surface area contributed by atoms with Gasteiger partial charge in [-0.15, -0.1) is 10.2 Å². The first-order valence-electron chi connectivity index (χ1n) is 9.02. The van der Waals surface area contributed by atoms with Crippen molar-refractivity contribution in [1.82, 2.24) is 14.6 Å². The summed E-state index contributed by atoms with van der Waals surface area (Å²) in [5.74, 6) is -0.537. The first-order chi connectivity index (χ1) is 14.8. The zero-order valence-corrected chi connectivity index (χ0v) is 17.2. The average molecular weight is 463 g/mol. The van der Waals surface area contributed by atoms with E-state index in [-0.39, 0.29) is 10.7 Å². The Bertz CT molecular complexity index is 1230. The number of pyridine rings is 1. The fourth-order valence-corrected chi connectivity index (χ4v) is 4.09. The van der Waals surface area contributed by atoms with Gasteiger partial charge in [-0.25, -0.2) is 0 Å². The predicted molar refractivity (Wildman–Crippen MR) is 113 cm³/mol. The van der Waals surface area contributed by atoms with E-state index in [1.807, 2.05) is 6.07 Å². The molecule has 2 aromatic carbocycles. The molecule has 0 bridgehead atoms. The van der Waals surface area contributed by atoms with Crippen molar-refractivity contribution in [2.75, 3.05) is 5.32 Å². The second-order valence-corrected chi connectivity index (χ2v) is 7.98. The second-order valence-electron chi connectivity index (χ2n) is 6.50. The molecule has 0 spiro atoms. The van der Waals surface area contributed by atoms with Crippen LogP contribution in [0.3, 0.4) is 0 Å². The Hall–Kier alpha value is -3.04. The van der Waals surface area contributed by atoms with E-state index in [9.17, 15) is 18.0 Å². The molecular formula is C21H14ClF3N4OS. The number of amides is 1. The van der Waals surface area contributed by atoms with Gasteiger partial charge in [0.05, 0.1) is 16.3 Å². The van der Waals surface area contributed by atoms with Crippen LogP contribution in [0.4, 0.5) is 18.9 Å². The van der Waals surface area contributed by atoms with E-state index in [4.69, 9.17) is 11.6 Å². The molecule has 1 amide bonds. The lowest BCUT2D eigenvalue weighted by Gasteiger charge is -2.17. The van der Waals surface area contributed by atoms with Crippen molar-refractivity contribution in [3.8, 4) is 0 Å². The average Bonchev–Trinajstić information content (AvgIpc) is 3.16. The summed E-state index contributed by atoms with van der Waals surface area (Å²) in [4.78, 5) is 13.2. The first kappa shape index (κ1) is 21.2. The van der Waals surface area contributed by atoms with Crippen LogP contribution in [0.1, 0.15) is 16.4 Å². The molecule has 0 fully saturated rings. The predicted octanol–water partition coefficient (Wildman–Crippen LogP) is 5.87. The third-order valence-electron chi connectivity index (χ3n) is 4.40. The largest absolute Gasteiger partial charge is 0.416 e. The van der Waals surface area contributed by atoms with Gasteiger partial charge in [-0.3, -0.25) is 9.20 Å². The summed E-state index contributed by atoms with van der Waals surface area (Å²) >= 11 is 7.18. The number of aromatic nitrogens is 3. The Kier molecular flexibility index (Phi) is 5.88. The highest BCUT2D eigenvalue weighted by atomic mass is 35.5. The Morgan fingerprint density at radius 3 is 2.52 bits per heavy atom. The van der Waals surface area contributed by atoms with Crippen LogP contribution in [0.5, 0.6) is 0 Å². The van der Waals surface area contributed by atoms with E-state index in [0.29, 0.717) is 16.4 Å². The number of anilines is 1. The van der Waals surface area contributed by atoms with Crippen LogP contribution < -0.4 is 5.32 Å². The van der Waals surface area contributed by atoms with Gasteiger partial charge in [0.15, 0.2) is 10.8 Å². The smallest absolute Gasteiger partial charge is 0.323 e. The van der Waals surface area contributed by atoms with Crippen LogP contribution in [-0.4, -0.2) is 20.5 Å². The van der Waals surface area contributed by atoms with Crippen LogP contribution >= 0.6 is 23.4 Å². The van der Waals surface area contributed by atoms with Gasteiger partial charge in [-0.1, -0.05) is 59.8 Å². The number of alkyl halides is 3. The molecule has 1 N–H and O–H groups in total. The number of hydrogen-bond acceptors (Lipinski definition) is 4. The molecule has 158 valence electrons. The highest BCUT2D eigenvalue weighted by molar-refractivity contribution is 8.00. The number of thioether (sulfide) groups is 1. The quantitative estimate of drug-likeness (QED) is 0.377. The molecule has 10 heteroatoms. The van der Waals surface area contributed by atoms with E-state index < -0.39 is 22.9 Å². The summed E-state index contributed by atoms with van der Waals surface area (Å²) in [6, 6.07) is 17.1. The molecule has 0 unspecified atom stereocenters. The van der Waals surface area contributed by atoms with Crippen LogP contribution in [0.25, 0.3) is 5.65 Å². The molecule has 31 heavy (non-hydrogen) atoms. The van der Waals surface area contributed by atoms with E-state index >= 15 is 0 Å². The first-order valence-corrected chi connectivity index (χ1v) is 10.3. The Morgan fingerprint density at radius 1 is 1.03 bits per heavy atom. The van der Waals surface area contributed by atoms with E-state index in [2.05, 4.69) is 15.5 Å². The number of rotatable bonds is 5. The highest BCUT2D eigenvalue weighted by Crippen LogP contribution is 2.38. The van der Waals surface area contributed by atoms with Crippen LogP contribution in [0, 0.1) is 0 Å². The molecule has 0 saturated heterocycles. The van der Waals surface area contributed by atoms with Gasteiger partial charge >= 0.3 is 6.18 Å². The number of hydrogen-bond donors (Lipinski definition) is 1. The van der Waals surface area contributed by atoms with Crippen LogP contribution in [0.2, 0.25) is 5.02 Å². The summed E-state index contributed by atoms with van der Waals surface area (Å²) in [6.07, 6.45) is -2.79. The van der Waals surface area contributed by atoms with Crippen molar-refractivity contribution < 1.29 is 18.0 Å². The lowest BCUT2D eigenvalue weighted by molar-refractivity contribution is -0.137. The Morgan fingerprint density at radius 2 is 1.77 bits per heavy atom. The molecule has 4 rings (SSSR count). The number of nitrogens with one attached hydrogen (secondary N) is 1. The minimum atomic E-state index is -4.56. The molecule has 2 aromatic heterocycles. The number of nitrogens with zero attached hydrogens (tertiary/aromatic N) is 3. The minimum Gasteiger partial charge on any atom is -0.323 e. The lowest BCUT2D eigenvalue weighted by Crippen LogP contribution is -2.20. The fourth-order valence-electron chi connectivity index (χ4n) is 2.90. The molecule has 0 aliphatic rings. The summed E-state index contributed by atoms with van der Waals surface area (Å²) < 4.78 is 41.0. The molecule has 4 aromatic rings. The van der Waals surface area contributed by atoms with Crippen LogP contribution in [0.15, 0.2) is 78.1 Å². The number of carbonyl (C=O) groups is 1. The molecule has 2 heterocycles. The van der Waals surface area contributed by atoms with Crippen molar-refractivity contribution in [2.24, 2.45) is 0 Å². The molecule has 0 radical (unpaired) electrons. The van der Waals surface area contributed by atoms with Gasteiger partial charge in [0.2, 0.25) is 5.91 Å². The second kappa shape index (κ2) is 8.60. The molecule has 0 aliphatic heterocycles. The Labute approximate surface area is 184 Å². The third kappa shape index (κ3) is 4.67. The number of carbonyl (C=O) groups excluding carboxylic acids is 1. The molecule has 5 nitrogen and oxygen atoms in total. The lowest BCUT2D eigenvalue weighted by atomic mass is 10.1. The zero-order valence-electron chi connectivity index (χ0n) is 15.7. The SMILES string of the molecule is O=C(Nc1cc(C(F)(F)F)ccc1Cl)[C@@H](Sc1nnc2ccccn12)c1ccccc1. The third-order valence-corrected chi connectivity index (χ3v) is 5.94. The van der Waals surface area contributed by atoms with Crippen molar-refractivity contribution in [3.63, 3.8) is 0 Å². The normalized spacial score (nSPS) is 12.6. The number of halogens is 4. The maximum absolute atomic E-state index is 13.2. The van der Waals surface area contributed by atoms with Gasteiger partial charge in [-0.2, -0.15) is 13.2 Å². The van der Waals surface area contributed by atoms with Gasteiger partial charge in [0.1, 0.15) is 5.25 Å². The van der Waals surface area contributed by atoms with Gasteiger partial charge < -0.3 is 5.32 Å². The molecule has 0 saturated carbocycles. The molecule has 1 atom stereocenters. The number of fused-ring (bicyclic) bond motifs is 1. The van der Waals surface area contributed by atoms with Crippen molar-refractivity contribution in [2.45, 2.75) is 16.6 Å². The van der Waals surface area contributed by atoms with Crippen molar-refractivity contribution in [3.05, 3.63) is 89.1 Å². The van der Waals surface area contributed by atoms with Gasteiger partial charge in [0, 0.05) is 6.20 Å². The summed E-state index contributed by atoms with van der Waals surface area (Å²) in [5, 5.41) is 10.4.